The molecule has 0 aliphatic heterocycles. The summed E-state index contributed by atoms with van der Waals surface area (Å²) >= 11 is 0. The summed E-state index contributed by atoms with van der Waals surface area (Å²) in [6.45, 7) is 13.4. The topological polar surface area (TPSA) is 52.6 Å². The van der Waals surface area contributed by atoms with Crippen LogP contribution in [-0.2, 0) is 19.1 Å². The third-order valence-electron chi connectivity index (χ3n) is 6.96. The summed E-state index contributed by atoms with van der Waals surface area (Å²) in [5, 5.41) is 0. The molecule has 4 nitrogen and oxygen atoms in total. The molecule has 0 saturated carbocycles. The second kappa shape index (κ2) is 20.4. The van der Waals surface area contributed by atoms with Gasteiger partial charge >= 0.3 is 11.9 Å². The molecule has 0 rings (SSSR count). The van der Waals surface area contributed by atoms with Crippen molar-refractivity contribution in [1.29, 1.82) is 0 Å². The minimum Gasteiger partial charge on any atom is -0.459 e. The lowest BCUT2D eigenvalue weighted by Gasteiger charge is -2.35. The van der Waals surface area contributed by atoms with Gasteiger partial charge in [-0.05, 0) is 60.8 Å². The summed E-state index contributed by atoms with van der Waals surface area (Å²) in [7, 11) is 0. The number of rotatable bonds is 22. The molecule has 0 aromatic carbocycles. The second-order valence-corrected chi connectivity index (χ2v) is 13.2. The first kappa shape index (κ1) is 36.5. The van der Waals surface area contributed by atoms with Crippen LogP contribution in [0.1, 0.15) is 177 Å². The van der Waals surface area contributed by atoms with E-state index in [9.17, 15) is 9.59 Å². The molecule has 0 aromatic rings. The zero-order valence-electron chi connectivity index (χ0n) is 26.4. The van der Waals surface area contributed by atoms with Crippen molar-refractivity contribution >= 4 is 11.9 Å². The summed E-state index contributed by atoms with van der Waals surface area (Å²) in [4.78, 5) is 27.3. The number of hydrogen-bond donors (Lipinski definition) is 0. The van der Waals surface area contributed by atoms with Crippen molar-refractivity contribution in [2.45, 2.75) is 188 Å². The number of hydrogen-bond acceptors (Lipinski definition) is 4. The van der Waals surface area contributed by atoms with Crippen LogP contribution in [0.3, 0.4) is 0 Å². The summed E-state index contributed by atoms with van der Waals surface area (Å²) in [6.07, 6.45) is 26.8. The van der Waals surface area contributed by atoms with Gasteiger partial charge in [-0.25, -0.2) is 0 Å². The number of esters is 2. The van der Waals surface area contributed by atoms with Crippen LogP contribution in [-0.4, -0.2) is 23.1 Å². The summed E-state index contributed by atoms with van der Waals surface area (Å²) in [6, 6.07) is 0. The van der Waals surface area contributed by atoms with E-state index in [0.29, 0.717) is 12.8 Å². The lowest BCUT2D eigenvalue weighted by Crippen LogP contribution is -2.46. The van der Waals surface area contributed by atoms with E-state index in [1.807, 2.05) is 41.5 Å². The highest BCUT2D eigenvalue weighted by Gasteiger charge is 2.50. The zero-order valence-corrected chi connectivity index (χ0v) is 26.4. The van der Waals surface area contributed by atoms with E-state index in [1.165, 1.54) is 57.8 Å². The molecule has 0 N–H and O–H groups in total. The van der Waals surface area contributed by atoms with E-state index in [-0.39, 0.29) is 0 Å². The molecule has 0 aromatic heterocycles. The molecule has 0 unspecified atom stereocenters. The largest absolute Gasteiger partial charge is 0.459 e. The summed E-state index contributed by atoms with van der Waals surface area (Å²) < 4.78 is 11.7. The van der Waals surface area contributed by atoms with Crippen LogP contribution in [0.4, 0.5) is 0 Å². The maximum absolute atomic E-state index is 13.6. The Kier molecular flexibility index (Phi) is 19.6. The smallest absolute Gasteiger partial charge is 0.324 e. The lowest BCUT2D eigenvalue weighted by atomic mass is 9.77. The van der Waals surface area contributed by atoms with Crippen molar-refractivity contribution in [3.05, 3.63) is 0 Å². The van der Waals surface area contributed by atoms with Crippen LogP contribution < -0.4 is 0 Å². The Bertz CT molecular complexity index is 631. The molecule has 0 aliphatic carbocycles. The molecule has 0 radical (unpaired) electrons. The third kappa shape index (κ3) is 18.7. The van der Waals surface area contributed by atoms with Gasteiger partial charge in [0.05, 0.1) is 0 Å². The Hall–Kier alpha value is -1.50. The average Bonchev–Trinajstić information content (AvgIpc) is 2.80. The molecular weight excluding hydrogens is 472 g/mol. The van der Waals surface area contributed by atoms with Crippen LogP contribution in [0.25, 0.3) is 0 Å². The van der Waals surface area contributed by atoms with Gasteiger partial charge in [0.25, 0.3) is 0 Å². The Morgan fingerprint density at radius 2 is 0.868 bits per heavy atom. The van der Waals surface area contributed by atoms with E-state index >= 15 is 0 Å². The number of terminal acetylenes is 1. The molecule has 0 saturated heterocycles. The third-order valence-corrected chi connectivity index (χ3v) is 6.96. The van der Waals surface area contributed by atoms with E-state index in [2.05, 4.69) is 12.8 Å². The van der Waals surface area contributed by atoms with Gasteiger partial charge in [-0.3, -0.25) is 9.59 Å². The highest BCUT2D eigenvalue weighted by Crippen LogP contribution is 2.38. The van der Waals surface area contributed by atoms with Crippen molar-refractivity contribution in [2.24, 2.45) is 5.41 Å². The maximum Gasteiger partial charge on any atom is 0.324 e. The van der Waals surface area contributed by atoms with Crippen molar-refractivity contribution < 1.29 is 19.1 Å². The van der Waals surface area contributed by atoms with Gasteiger partial charge in [-0.2, -0.15) is 0 Å². The normalized spacial score (nSPS) is 12.3. The van der Waals surface area contributed by atoms with Gasteiger partial charge in [0.15, 0.2) is 5.41 Å². The molecule has 38 heavy (non-hydrogen) atoms. The van der Waals surface area contributed by atoms with Gasteiger partial charge < -0.3 is 9.47 Å². The van der Waals surface area contributed by atoms with Crippen LogP contribution in [0.2, 0.25) is 0 Å². The highest BCUT2D eigenvalue weighted by molar-refractivity contribution is 6.00. The second-order valence-electron chi connectivity index (χ2n) is 13.2. The molecule has 4 heteroatoms. The first-order chi connectivity index (χ1) is 17.9. The summed E-state index contributed by atoms with van der Waals surface area (Å²) in [5.41, 5.74) is -2.53. The Labute approximate surface area is 236 Å². The average molecular weight is 535 g/mol. The first-order valence-corrected chi connectivity index (χ1v) is 15.8. The molecule has 0 amide bonds. The number of carbonyl (C=O) groups is 2. The predicted octanol–water partition coefficient (Wildman–Crippen LogP) is 10.1. The van der Waals surface area contributed by atoms with E-state index in [0.717, 1.165) is 57.8 Å². The fourth-order valence-corrected chi connectivity index (χ4v) is 4.82. The van der Waals surface area contributed by atoms with Crippen molar-refractivity contribution in [3.63, 3.8) is 0 Å². The molecular formula is C34H62O4. The fraction of sp³-hybridized carbons (Fsp3) is 0.882. The van der Waals surface area contributed by atoms with Gasteiger partial charge in [0.2, 0.25) is 0 Å². The monoisotopic (exact) mass is 534 g/mol. The first-order valence-electron chi connectivity index (χ1n) is 15.8. The van der Waals surface area contributed by atoms with Crippen molar-refractivity contribution in [2.75, 3.05) is 0 Å². The fourth-order valence-electron chi connectivity index (χ4n) is 4.82. The van der Waals surface area contributed by atoms with Crippen molar-refractivity contribution in [3.8, 4) is 12.3 Å². The molecule has 0 aliphatic rings. The maximum atomic E-state index is 13.6. The molecule has 0 heterocycles. The molecule has 222 valence electrons. The van der Waals surface area contributed by atoms with Crippen molar-refractivity contribution in [1.82, 2.24) is 0 Å². The minimum absolute atomic E-state index is 0.413. The standard InChI is InChI=1S/C34H62O4/c1-9-11-13-15-17-19-21-23-25-27-29-34(30(35)37-32(3,4)5,31(36)38-33(6,7)8)28-26-24-22-20-18-16-14-12-10-2/h2H,9,11-29H2,1,3-8H3. The Balaban J connectivity index is 5.15. The quantitative estimate of drug-likeness (QED) is 0.0600. The highest BCUT2D eigenvalue weighted by atomic mass is 16.6. The van der Waals surface area contributed by atoms with Crippen LogP contribution >= 0.6 is 0 Å². The molecule has 0 fully saturated rings. The number of carbonyl (C=O) groups excluding carboxylic acids is 2. The van der Waals surface area contributed by atoms with E-state index in [4.69, 9.17) is 15.9 Å². The lowest BCUT2D eigenvalue weighted by molar-refractivity contribution is -0.187. The van der Waals surface area contributed by atoms with Crippen LogP contribution in [0.15, 0.2) is 0 Å². The van der Waals surface area contributed by atoms with Gasteiger partial charge in [0.1, 0.15) is 11.2 Å². The molecule has 0 bridgehead atoms. The van der Waals surface area contributed by atoms with Crippen LogP contribution in [0.5, 0.6) is 0 Å². The molecule has 0 spiro atoms. The van der Waals surface area contributed by atoms with E-state index < -0.39 is 28.6 Å². The van der Waals surface area contributed by atoms with E-state index in [1.54, 1.807) is 0 Å². The van der Waals surface area contributed by atoms with Gasteiger partial charge in [0, 0.05) is 6.42 Å². The zero-order chi connectivity index (χ0) is 28.9. The number of ether oxygens (including phenoxy) is 2. The Morgan fingerprint density at radius 3 is 1.18 bits per heavy atom. The predicted molar refractivity (Wildman–Crippen MR) is 161 cm³/mol. The summed E-state index contributed by atoms with van der Waals surface area (Å²) in [5.74, 6) is 1.88. The number of unbranched alkanes of at least 4 members (excludes halogenated alkanes) is 16. The Morgan fingerprint density at radius 1 is 0.553 bits per heavy atom. The van der Waals surface area contributed by atoms with Gasteiger partial charge in [-0.1, -0.05) is 110 Å². The molecule has 0 atom stereocenters. The van der Waals surface area contributed by atoms with Gasteiger partial charge in [-0.15, -0.1) is 12.3 Å². The SMILES string of the molecule is C#CCCCCCCCCCC(CCCCCCCCCCCC)(C(=O)OC(C)(C)C)C(=O)OC(C)(C)C. The van der Waals surface area contributed by atoms with Crippen LogP contribution in [0, 0.1) is 17.8 Å². The minimum atomic E-state index is -1.23.